The molecule has 2 atom stereocenters. The van der Waals surface area contributed by atoms with Gasteiger partial charge < -0.3 is 0 Å². The lowest BCUT2D eigenvalue weighted by Crippen LogP contribution is -2.41. The van der Waals surface area contributed by atoms with Crippen LogP contribution in [0.5, 0.6) is 0 Å². The predicted molar refractivity (Wildman–Crippen MR) is 74.5 cm³/mol. The van der Waals surface area contributed by atoms with Gasteiger partial charge in [-0.3, -0.25) is 9.69 Å². The monoisotopic (exact) mass is 263 g/mol. The Bertz CT molecular complexity index is 446. The number of rotatable bonds is 4. The summed E-state index contributed by atoms with van der Waals surface area (Å²) in [5.41, 5.74) is 0.659. The molecule has 0 amide bonds. The smallest absolute Gasteiger partial charge is 0.131 e. The van der Waals surface area contributed by atoms with E-state index in [4.69, 9.17) is 0 Å². The van der Waals surface area contributed by atoms with E-state index >= 15 is 0 Å². The van der Waals surface area contributed by atoms with Crippen molar-refractivity contribution in [2.45, 2.75) is 51.6 Å². The van der Waals surface area contributed by atoms with Gasteiger partial charge >= 0.3 is 0 Å². The molecule has 1 aromatic rings. The minimum absolute atomic E-state index is 0.117. The van der Waals surface area contributed by atoms with Crippen LogP contribution < -0.4 is 0 Å². The van der Waals surface area contributed by atoms with Gasteiger partial charge in [-0.05, 0) is 39.3 Å². The normalized spacial score (nSPS) is 22.2. The van der Waals surface area contributed by atoms with Crippen LogP contribution in [0.15, 0.2) is 24.3 Å². The highest BCUT2D eigenvalue weighted by molar-refractivity contribution is 5.76. The average Bonchev–Trinajstić information content (AvgIpc) is 2.37. The van der Waals surface area contributed by atoms with E-state index in [1.807, 2.05) is 12.1 Å². The summed E-state index contributed by atoms with van der Waals surface area (Å²) in [6, 6.07) is 7.14. The van der Waals surface area contributed by atoms with Crippen LogP contribution in [0.3, 0.4) is 0 Å². The van der Waals surface area contributed by atoms with Gasteiger partial charge in [-0.15, -0.1) is 0 Å². The zero-order valence-corrected chi connectivity index (χ0v) is 11.7. The SMILES string of the molecule is CC(=O)CC(c1ccccc1F)N1CCCCC1C. The Morgan fingerprint density at radius 3 is 2.79 bits per heavy atom. The van der Waals surface area contributed by atoms with Crippen LogP contribution in [-0.2, 0) is 4.79 Å². The molecular formula is C16H22FNO. The van der Waals surface area contributed by atoms with E-state index in [0.717, 1.165) is 19.4 Å². The Balaban J connectivity index is 2.30. The molecule has 0 aliphatic carbocycles. The first-order valence-electron chi connectivity index (χ1n) is 7.09. The fourth-order valence-electron chi connectivity index (χ4n) is 3.01. The molecule has 1 aromatic carbocycles. The molecule has 0 radical (unpaired) electrons. The van der Waals surface area contributed by atoms with Crippen LogP contribution in [0.25, 0.3) is 0 Å². The molecule has 0 saturated carbocycles. The minimum Gasteiger partial charge on any atom is -0.300 e. The summed E-state index contributed by atoms with van der Waals surface area (Å²) in [7, 11) is 0. The number of hydrogen-bond donors (Lipinski definition) is 0. The molecule has 1 aliphatic rings. The number of benzene rings is 1. The van der Waals surface area contributed by atoms with Crippen molar-refractivity contribution in [2.75, 3.05) is 6.54 Å². The third kappa shape index (κ3) is 3.41. The summed E-state index contributed by atoms with van der Waals surface area (Å²) in [5.74, 6) is -0.0856. The van der Waals surface area contributed by atoms with Crippen molar-refractivity contribution >= 4 is 5.78 Å². The summed E-state index contributed by atoms with van der Waals surface area (Å²) in [6.45, 7) is 4.71. The van der Waals surface area contributed by atoms with E-state index in [-0.39, 0.29) is 17.6 Å². The Morgan fingerprint density at radius 2 is 2.16 bits per heavy atom. The van der Waals surface area contributed by atoms with Crippen molar-refractivity contribution in [1.82, 2.24) is 4.90 Å². The van der Waals surface area contributed by atoms with Gasteiger partial charge in [-0.2, -0.15) is 0 Å². The quantitative estimate of drug-likeness (QED) is 0.825. The molecule has 0 bridgehead atoms. The van der Waals surface area contributed by atoms with Crippen molar-refractivity contribution in [2.24, 2.45) is 0 Å². The van der Waals surface area contributed by atoms with Gasteiger partial charge in [-0.1, -0.05) is 24.6 Å². The number of Topliss-reactive ketones (excluding diaryl/α,β-unsaturated/α-hetero) is 1. The summed E-state index contributed by atoms with van der Waals surface area (Å²) < 4.78 is 14.0. The van der Waals surface area contributed by atoms with Crippen LogP contribution in [0.4, 0.5) is 4.39 Å². The summed E-state index contributed by atoms with van der Waals surface area (Å²) >= 11 is 0. The topological polar surface area (TPSA) is 20.3 Å². The zero-order valence-electron chi connectivity index (χ0n) is 11.7. The summed E-state index contributed by atoms with van der Waals surface area (Å²) in [5, 5.41) is 0. The number of halogens is 1. The number of piperidine rings is 1. The predicted octanol–water partition coefficient (Wildman–Crippen LogP) is 3.72. The second kappa shape index (κ2) is 6.29. The van der Waals surface area contributed by atoms with Crippen LogP contribution in [0, 0.1) is 5.82 Å². The molecule has 104 valence electrons. The lowest BCUT2D eigenvalue weighted by molar-refractivity contribution is -0.118. The van der Waals surface area contributed by atoms with E-state index in [1.54, 1.807) is 13.0 Å². The van der Waals surface area contributed by atoms with Gasteiger partial charge in [0.05, 0.1) is 0 Å². The third-order valence-corrected chi connectivity index (χ3v) is 4.00. The number of carbonyl (C=O) groups excluding carboxylic acids is 1. The number of hydrogen-bond acceptors (Lipinski definition) is 2. The molecule has 1 aliphatic heterocycles. The Morgan fingerprint density at radius 1 is 1.42 bits per heavy atom. The molecule has 0 N–H and O–H groups in total. The molecule has 1 heterocycles. The van der Waals surface area contributed by atoms with Crippen molar-refractivity contribution < 1.29 is 9.18 Å². The molecule has 2 nitrogen and oxygen atoms in total. The lowest BCUT2D eigenvalue weighted by Gasteiger charge is -2.39. The van der Waals surface area contributed by atoms with Gasteiger partial charge in [0.15, 0.2) is 0 Å². The highest BCUT2D eigenvalue weighted by atomic mass is 19.1. The van der Waals surface area contributed by atoms with E-state index in [9.17, 15) is 9.18 Å². The summed E-state index contributed by atoms with van der Waals surface area (Å²) in [4.78, 5) is 13.8. The van der Waals surface area contributed by atoms with E-state index < -0.39 is 0 Å². The molecule has 3 heteroatoms. The van der Waals surface area contributed by atoms with Crippen LogP contribution in [0.1, 0.15) is 51.1 Å². The maximum Gasteiger partial charge on any atom is 0.131 e. The standard InChI is InChI=1S/C16H22FNO/c1-12-7-5-6-10-18(12)16(11-13(2)19)14-8-3-4-9-15(14)17/h3-4,8-9,12,16H,5-7,10-11H2,1-2H3. The minimum atomic E-state index is -0.202. The van der Waals surface area contributed by atoms with Crippen molar-refractivity contribution in [1.29, 1.82) is 0 Å². The first-order valence-corrected chi connectivity index (χ1v) is 7.09. The maximum atomic E-state index is 14.0. The van der Waals surface area contributed by atoms with E-state index in [0.29, 0.717) is 18.0 Å². The maximum absolute atomic E-state index is 14.0. The van der Waals surface area contributed by atoms with E-state index in [2.05, 4.69) is 11.8 Å². The summed E-state index contributed by atoms with van der Waals surface area (Å²) in [6.07, 6.45) is 3.88. The molecule has 1 saturated heterocycles. The van der Waals surface area contributed by atoms with Crippen LogP contribution in [0.2, 0.25) is 0 Å². The van der Waals surface area contributed by atoms with Crippen LogP contribution in [-0.4, -0.2) is 23.3 Å². The zero-order chi connectivity index (χ0) is 13.8. The fraction of sp³-hybridized carbons (Fsp3) is 0.562. The fourth-order valence-corrected chi connectivity index (χ4v) is 3.01. The Kier molecular flexibility index (Phi) is 4.70. The second-order valence-electron chi connectivity index (χ2n) is 5.53. The first kappa shape index (κ1) is 14.2. The molecule has 0 spiro atoms. The first-order chi connectivity index (χ1) is 9.09. The molecular weight excluding hydrogens is 241 g/mol. The number of likely N-dealkylation sites (tertiary alicyclic amines) is 1. The molecule has 1 fully saturated rings. The lowest BCUT2D eigenvalue weighted by atomic mass is 9.94. The number of ketones is 1. The average molecular weight is 263 g/mol. The molecule has 19 heavy (non-hydrogen) atoms. The number of carbonyl (C=O) groups is 1. The largest absolute Gasteiger partial charge is 0.300 e. The van der Waals surface area contributed by atoms with Crippen molar-refractivity contribution in [3.8, 4) is 0 Å². The van der Waals surface area contributed by atoms with Crippen LogP contribution >= 0.6 is 0 Å². The van der Waals surface area contributed by atoms with Crippen molar-refractivity contribution in [3.63, 3.8) is 0 Å². The highest BCUT2D eigenvalue weighted by Gasteiger charge is 2.29. The van der Waals surface area contributed by atoms with Gasteiger partial charge in [-0.25, -0.2) is 4.39 Å². The van der Waals surface area contributed by atoms with E-state index in [1.165, 1.54) is 12.5 Å². The van der Waals surface area contributed by atoms with Crippen molar-refractivity contribution in [3.05, 3.63) is 35.6 Å². The second-order valence-corrected chi connectivity index (χ2v) is 5.53. The Labute approximate surface area is 114 Å². The molecule has 2 unspecified atom stereocenters. The third-order valence-electron chi connectivity index (χ3n) is 4.00. The molecule has 0 aromatic heterocycles. The van der Waals surface area contributed by atoms with Gasteiger partial charge in [0, 0.05) is 24.1 Å². The van der Waals surface area contributed by atoms with Gasteiger partial charge in [0.25, 0.3) is 0 Å². The molecule has 2 rings (SSSR count). The Hall–Kier alpha value is -1.22. The number of nitrogens with zero attached hydrogens (tertiary/aromatic N) is 1. The highest BCUT2D eigenvalue weighted by Crippen LogP contribution is 2.32. The van der Waals surface area contributed by atoms with Gasteiger partial charge in [0.1, 0.15) is 11.6 Å². The van der Waals surface area contributed by atoms with Gasteiger partial charge in [0.2, 0.25) is 0 Å².